The molecule has 1 atom stereocenters. The average Bonchev–Trinajstić information content (AvgIpc) is 3.28. The maximum atomic E-state index is 13.2. The van der Waals surface area contributed by atoms with E-state index in [4.69, 9.17) is 14.2 Å². The molecule has 1 saturated heterocycles. The molecule has 34 heavy (non-hydrogen) atoms. The Bertz CT molecular complexity index is 1060. The molecule has 4 heterocycles. The van der Waals surface area contributed by atoms with Crippen LogP contribution in [0.3, 0.4) is 0 Å². The molecule has 0 spiro atoms. The molecule has 0 saturated carbocycles. The van der Waals surface area contributed by atoms with E-state index in [1.807, 2.05) is 24.4 Å². The summed E-state index contributed by atoms with van der Waals surface area (Å²) in [6.45, 7) is 6.07. The van der Waals surface area contributed by atoms with E-state index in [1.165, 1.54) is 13.2 Å². The molecular weight excluding hydrogens is 458 g/mol. The molecule has 1 fully saturated rings. The molecule has 2 aromatic rings. The topological polar surface area (TPSA) is 90.3 Å². The van der Waals surface area contributed by atoms with Crippen molar-refractivity contribution in [2.45, 2.75) is 32.4 Å². The maximum absolute atomic E-state index is 13.2. The maximum Gasteiger partial charge on any atom is 0.343 e. The summed E-state index contributed by atoms with van der Waals surface area (Å²) >= 11 is 1.63. The quantitative estimate of drug-likeness (QED) is 0.544. The lowest BCUT2D eigenvalue weighted by molar-refractivity contribution is -0.138. The number of amides is 1. The second-order valence-electron chi connectivity index (χ2n) is 8.39. The summed E-state index contributed by atoms with van der Waals surface area (Å²) in [5.74, 6) is -0.285. The molecule has 4 rings (SSSR count). The van der Waals surface area contributed by atoms with E-state index in [0.717, 1.165) is 18.0 Å². The van der Waals surface area contributed by atoms with Gasteiger partial charge in [0.1, 0.15) is 11.3 Å². The van der Waals surface area contributed by atoms with Crippen molar-refractivity contribution in [1.29, 1.82) is 0 Å². The highest BCUT2D eigenvalue weighted by molar-refractivity contribution is 7.09. The second-order valence-corrected chi connectivity index (χ2v) is 9.42. The second kappa shape index (κ2) is 11.2. The Morgan fingerprint density at radius 2 is 1.97 bits per heavy atom. The molecule has 2 aliphatic rings. The van der Waals surface area contributed by atoms with Gasteiger partial charge in [-0.15, -0.1) is 11.3 Å². The van der Waals surface area contributed by atoms with Crippen LogP contribution in [0.15, 0.2) is 28.4 Å². The number of hydrogen-bond acceptors (Lipinski definition) is 8. The Morgan fingerprint density at radius 3 is 2.68 bits per heavy atom. The van der Waals surface area contributed by atoms with Crippen molar-refractivity contribution in [3.63, 3.8) is 0 Å². The van der Waals surface area contributed by atoms with Crippen molar-refractivity contribution in [3.05, 3.63) is 50.1 Å². The third-order valence-corrected chi connectivity index (χ3v) is 7.37. The van der Waals surface area contributed by atoms with Gasteiger partial charge >= 0.3 is 5.97 Å². The summed E-state index contributed by atoms with van der Waals surface area (Å²) in [7, 11) is 1.32. The number of rotatable bonds is 7. The SMILES string of the molecule is COC(=O)c1c(OCCc2cccs2)cc(=O)n2c1CCN(C(=O)[C@@H](C)N1CCOCC1)CC2. The van der Waals surface area contributed by atoms with Crippen LogP contribution in [0.5, 0.6) is 5.75 Å². The third kappa shape index (κ3) is 5.34. The number of carbonyl (C=O) groups excluding carboxylic acids is 2. The van der Waals surface area contributed by atoms with E-state index in [-0.39, 0.29) is 28.8 Å². The van der Waals surface area contributed by atoms with Crippen molar-refractivity contribution >= 4 is 23.2 Å². The summed E-state index contributed by atoms with van der Waals surface area (Å²) in [6.07, 6.45) is 1.04. The number of hydrogen-bond donors (Lipinski definition) is 0. The van der Waals surface area contributed by atoms with Gasteiger partial charge in [0.2, 0.25) is 5.91 Å². The molecule has 0 radical (unpaired) electrons. The average molecular weight is 490 g/mol. The molecule has 0 aliphatic carbocycles. The molecule has 2 aromatic heterocycles. The Hall–Kier alpha value is -2.69. The van der Waals surface area contributed by atoms with Crippen LogP contribution in [0, 0.1) is 0 Å². The first kappa shape index (κ1) is 24.4. The molecule has 9 nitrogen and oxygen atoms in total. The van der Waals surface area contributed by atoms with Crippen molar-refractivity contribution in [3.8, 4) is 5.75 Å². The zero-order chi connectivity index (χ0) is 24.1. The van der Waals surface area contributed by atoms with E-state index in [9.17, 15) is 14.4 Å². The van der Waals surface area contributed by atoms with Gasteiger partial charge in [-0.3, -0.25) is 14.5 Å². The van der Waals surface area contributed by atoms with E-state index < -0.39 is 5.97 Å². The number of thiophene rings is 1. The van der Waals surface area contributed by atoms with Gasteiger partial charge in [0, 0.05) is 62.2 Å². The zero-order valence-corrected chi connectivity index (χ0v) is 20.5. The minimum absolute atomic E-state index is 0.0230. The molecule has 2 aliphatic heterocycles. The summed E-state index contributed by atoms with van der Waals surface area (Å²) in [5, 5.41) is 2.00. The van der Waals surface area contributed by atoms with Crippen molar-refractivity contribution in [2.75, 3.05) is 53.1 Å². The summed E-state index contributed by atoms with van der Waals surface area (Å²) in [4.78, 5) is 44.0. The summed E-state index contributed by atoms with van der Waals surface area (Å²) in [5.41, 5.74) is 0.577. The lowest BCUT2D eigenvalue weighted by Gasteiger charge is -2.34. The minimum Gasteiger partial charge on any atom is -0.492 e. The van der Waals surface area contributed by atoms with Crippen LogP contribution in [-0.4, -0.2) is 85.4 Å². The first-order valence-electron chi connectivity index (χ1n) is 11.6. The van der Waals surface area contributed by atoms with Crippen LogP contribution in [0.1, 0.15) is 27.9 Å². The van der Waals surface area contributed by atoms with E-state index >= 15 is 0 Å². The number of esters is 1. The zero-order valence-electron chi connectivity index (χ0n) is 19.7. The highest BCUT2D eigenvalue weighted by atomic mass is 32.1. The van der Waals surface area contributed by atoms with Crippen LogP contribution < -0.4 is 10.3 Å². The van der Waals surface area contributed by atoms with Crippen molar-refractivity contribution in [1.82, 2.24) is 14.4 Å². The van der Waals surface area contributed by atoms with Gasteiger partial charge in [-0.2, -0.15) is 0 Å². The molecule has 0 unspecified atom stereocenters. The molecule has 1 amide bonds. The third-order valence-electron chi connectivity index (χ3n) is 6.43. The smallest absolute Gasteiger partial charge is 0.343 e. The molecule has 10 heteroatoms. The predicted molar refractivity (Wildman–Crippen MR) is 128 cm³/mol. The van der Waals surface area contributed by atoms with Crippen LogP contribution in [0.25, 0.3) is 0 Å². The molecule has 0 bridgehead atoms. The fourth-order valence-electron chi connectivity index (χ4n) is 4.51. The Kier molecular flexibility index (Phi) is 8.02. The molecule has 184 valence electrons. The highest BCUT2D eigenvalue weighted by Gasteiger charge is 2.31. The number of carbonyl (C=O) groups is 2. The number of methoxy groups -OCH3 is 1. The van der Waals surface area contributed by atoms with Crippen molar-refractivity contribution in [2.24, 2.45) is 0 Å². The number of nitrogens with zero attached hydrogens (tertiary/aromatic N) is 3. The largest absolute Gasteiger partial charge is 0.492 e. The first-order chi connectivity index (χ1) is 16.5. The van der Waals surface area contributed by atoms with Gasteiger partial charge < -0.3 is 23.7 Å². The number of aromatic nitrogens is 1. The monoisotopic (exact) mass is 489 g/mol. The van der Waals surface area contributed by atoms with Crippen LogP contribution in [0.2, 0.25) is 0 Å². The van der Waals surface area contributed by atoms with Crippen molar-refractivity contribution < 1.29 is 23.8 Å². The van der Waals surface area contributed by atoms with Gasteiger partial charge in [-0.25, -0.2) is 4.79 Å². The van der Waals surface area contributed by atoms with E-state index in [0.29, 0.717) is 58.0 Å². The lowest BCUT2D eigenvalue weighted by Crippen LogP contribution is -2.51. The summed E-state index contributed by atoms with van der Waals surface area (Å²) < 4.78 is 17.9. The van der Waals surface area contributed by atoms with Crippen LogP contribution in [-0.2, 0) is 33.7 Å². The molecule has 0 aromatic carbocycles. The first-order valence-corrected chi connectivity index (χ1v) is 12.5. The number of ether oxygens (including phenoxy) is 3. The molecular formula is C24H31N3O6S. The fraction of sp³-hybridized carbons (Fsp3) is 0.542. The fourth-order valence-corrected chi connectivity index (χ4v) is 5.20. The number of pyridine rings is 1. The van der Waals surface area contributed by atoms with Gasteiger partial charge in [-0.1, -0.05) is 6.07 Å². The van der Waals surface area contributed by atoms with Gasteiger partial charge in [0.05, 0.1) is 33.0 Å². The van der Waals surface area contributed by atoms with E-state index in [1.54, 1.807) is 20.8 Å². The van der Waals surface area contributed by atoms with Crippen LogP contribution in [0.4, 0.5) is 0 Å². The van der Waals surface area contributed by atoms with E-state index in [2.05, 4.69) is 4.90 Å². The standard InChI is InChI=1S/C24H31N3O6S/c1-17(25-10-13-32-14-11-25)23(29)26-7-5-19-22(24(30)31-2)20(16-21(28)27(19)9-8-26)33-12-6-18-4-3-15-34-18/h3-4,15-17H,5-14H2,1-2H3/t17-/m1/s1. The van der Waals surface area contributed by atoms with Gasteiger partial charge in [-0.05, 0) is 18.4 Å². The van der Waals surface area contributed by atoms with Gasteiger partial charge in [0.15, 0.2) is 0 Å². The number of fused-ring (bicyclic) bond motifs is 1. The molecule has 0 N–H and O–H groups in total. The Labute approximate surface area is 202 Å². The van der Waals surface area contributed by atoms with Gasteiger partial charge in [0.25, 0.3) is 5.56 Å². The minimum atomic E-state index is -0.545. The predicted octanol–water partition coefficient (Wildman–Crippen LogP) is 1.42. The van der Waals surface area contributed by atoms with Crippen LogP contribution >= 0.6 is 11.3 Å². The lowest BCUT2D eigenvalue weighted by atomic mass is 10.1. The Morgan fingerprint density at radius 1 is 1.18 bits per heavy atom. The summed E-state index contributed by atoms with van der Waals surface area (Å²) in [6, 6.07) is 5.09. The normalized spacial score (nSPS) is 17.5. The highest BCUT2D eigenvalue weighted by Crippen LogP contribution is 2.25. The Balaban J connectivity index is 1.53. The number of morpholine rings is 1.